The molecule has 29 heavy (non-hydrogen) atoms. The first-order valence-corrected chi connectivity index (χ1v) is 15.4. The zero-order chi connectivity index (χ0) is 22.0. The monoisotopic (exact) mass is 461 g/mol. The third-order valence-electron chi connectivity index (χ3n) is 5.87. The van der Waals surface area contributed by atoms with Gasteiger partial charge in [-0.3, -0.25) is 4.18 Å². The first kappa shape index (κ1) is 24.7. The molecule has 1 aliphatic heterocycles. The van der Waals surface area contributed by atoms with E-state index in [9.17, 15) is 8.42 Å². The maximum absolute atomic E-state index is 11.3. The molecule has 0 aromatic heterocycles. The summed E-state index contributed by atoms with van der Waals surface area (Å²) in [5, 5.41) is 0.956. The van der Waals surface area contributed by atoms with Crippen LogP contribution < -0.4 is 4.90 Å². The van der Waals surface area contributed by atoms with Crippen LogP contribution in [0.25, 0.3) is 0 Å². The van der Waals surface area contributed by atoms with Gasteiger partial charge in [0, 0.05) is 19.7 Å². The van der Waals surface area contributed by atoms with Crippen molar-refractivity contribution in [3.05, 3.63) is 28.3 Å². The number of halogens is 1. The van der Waals surface area contributed by atoms with Crippen molar-refractivity contribution in [2.24, 2.45) is 0 Å². The Labute approximate surface area is 183 Å². The minimum absolute atomic E-state index is 0.227. The lowest BCUT2D eigenvalue weighted by Gasteiger charge is -2.36. The van der Waals surface area contributed by atoms with E-state index in [2.05, 4.69) is 44.8 Å². The van der Waals surface area contributed by atoms with Gasteiger partial charge in [0.1, 0.15) is 0 Å². The lowest BCUT2D eigenvalue weighted by atomic mass is 10.0. The molecule has 1 aromatic carbocycles. The minimum Gasteiger partial charge on any atom is -0.417 e. The highest BCUT2D eigenvalue weighted by molar-refractivity contribution is 7.86. The molecule has 0 bridgehead atoms. The van der Waals surface area contributed by atoms with Gasteiger partial charge < -0.3 is 9.33 Å². The topological polar surface area (TPSA) is 55.8 Å². The fraction of sp³-hybridized carbons (Fsp3) is 0.714. The molecular weight excluding hydrogens is 426 g/mol. The Morgan fingerprint density at radius 2 is 1.93 bits per heavy atom. The van der Waals surface area contributed by atoms with Crippen LogP contribution in [-0.4, -0.2) is 48.8 Å². The lowest BCUT2D eigenvalue weighted by Crippen LogP contribution is -2.41. The predicted octanol–water partition coefficient (Wildman–Crippen LogP) is 5.02. The molecule has 1 aliphatic rings. The molecule has 8 heteroatoms. The second-order valence-electron chi connectivity index (χ2n) is 9.60. The highest BCUT2D eigenvalue weighted by Crippen LogP contribution is 2.38. The summed E-state index contributed by atoms with van der Waals surface area (Å²) in [6.07, 6.45) is 3.10. The Bertz CT molecular complexity index is 821. The van der Waals surface area contributed by atoms with Gasteiger partial charge in [0.05, 0.1) is 23.1 Å². The number of rotatable bonds is 9. The Morgan fingerprint density at radius 1 is 1.28 bits per heavy atom. The third-order valence-corrected chi connectivity index (χ3v) is 11.4. The van der Waals surface area contributed by atoms with Crippen molar-refractivity contribution in [2.45, 2.75) is 71.2 Å². The number of nitrogens with zero attached hydrogens (tertiary/aromatic N) is 1. The van der Waals surface area contributed by atoms with Crippen molar-refractivity contribution in [2.75, 3.05) is 30.9 Å². The largest absolute Gasteiger partial charge is 0.417 e. The van der Waals surface area contributed by atoms with Crippen LogP contribution in [0, 0.1) is 0 Å². The second-order valence-corrected chi connectivity index (χ2v) is 16.4. The van der Waals surface area contributed by atoms with E-state index in [0.717, 1.165) is 55.1 Å². The number of fused-ring (bicyclic) bond motifs is 1. The first-order valence-electron chi connectivity index (χ1n) is 10.3. The number of hydrogen-bond acceptors (Lipinski definition) is 5. The Morgan fingerprint density at radius 3 is 2.52 bits per heavy atom. The highest BCUT2D eigenvalue weighted by Gasteiger charge is 2.36. The van der Waals surface area contributed by atoms with E-state index in [-0.39, 0.29) is 5.04 Å². The molecule has 0 saturated heterocycles. The summed E-state index contributed by atoms with van der Waals surface area (Å²) in [6.45, 7) is 15.8. The normalized spacial score (nSPS) is 16.2. The van der Waals surface area contributed by atoms with E-state index in [0.29, 0.717) is 6.42 Å². The summed E-state index contributed by atoms with van der Waals surface area (Å²) < 4.78 is 34.0. The van der Waals surface area contributed by atoms with E-state index in [1.165, 1.54) is 5.56 Å². The smallest absolute Gasteiger partial charge is 0.264 e. The Hall–Kier alpha value is -0.603. The van der Waals surface area contributed by atoms with Crippen molar-refractivity contribution >= 4 is 35.7 Å². The first-order chi connectivity index (χ1) is 13.2. The molecule has 1 heterocycles. The molecule has 0 radical (unpaired) electrons. The summed E-state index contributed by atoms with van der Waals surface area (Å²) in [4.78, 5) is 2.34. The number of anilines is 1. The summed E-state index contributed by atoms with van der Waals surface area (Å²) >= 11 is 6.61. The summed E-state index contributed by atoms with van der Waals surface area (Å²) in [7, 11) is -5.16. The van der Waals surface area contributed by atoms with Gasteiger partial charge in [-0.05, 0) is 61.5 Å². The molecule has 0 spiro atoms. The van der Waals surface area contributed by atoms with E-state index < -0.39 is 24.5 Å². The molecule has 5 nitrogen and oxygen atoms in total. The standard InChI is InChI=1S/C21H36ClNO4SSi/c1-16(27-28(5,24)25)13-17-14-18-9-11-23(20(18)19(22)15-17)10-8-12-26-29(6,7)21(2,3)4/h14-16H,8-13H2,1-7H3/t16-/m0/s1. The fourth-order valence-corrected chi connectivity index (χ4v) is 5.57. The van der Waals surface area contributed by atoms with Crippen LogP contribution in [-0.2, 0) is 31.6 Å². The molecular formula is C21H36ClNO4SSi. The van der Waals surface area contributed by atoms with Crippen molar-refractivity contribution < 1.29 is 17.0 Å². The highest BCUT2D eigenvalue weighted by atomic mass is 35.5. The van der Waals surface area contributed by atoms with Crippen LogP contribution in [0.15, 0.2) is 12.1 Å². The van der Waals surface area contributed by atoms with E-state index >= 15 is 0 Å². The van der Waals surface area contributed by atoms with Gasteiger partial charge in [-0.25, -0.2) is 0 Å². The van der Waals surface area contributed by atoms with Crippen LogP contribution in [0.3, 0.4) is 0 Å². The summed E-state index contributed by atoms with van der Waals surface area (Å²) in [6, 6.07) is 4.07. The van der Waals surface area contributed by atoms with Crippen LogP contribution in [0.4, 0.5) is 5.69 Å². The van der Waals surface area contributed by atoms with Crippen LogP contribution in [0.2, 0.25) is 23.2 Å². The SMILES string of the molecule is C[C@@H](Cc1cc(Cl)c2c(c1)CCN2CCCO[Si](C)(C)C(C)(C)C)OS(C)(=O)=O. The number of hydrogen-bond donors (Lipinski definition) is 0. The third kappa shape index (κ3) is 6.96. The van der Waals surface area contributed by atoms with Crippen LogP contribution >= 0.6 is 11.6 Å². The molecule has 2 rings (SSSR count). The molecule has 166 valence electrons. The zero-order valence-electron chi connectivity index (χ0n) is 18.8. The fourth-order valence-electron chi connectivity index (χ4n) is 3.44. The summed E-state index contributed by atoms with van der Waals surface area (Å²) in [5.41, 5.74) is 3.34. The van der Waals surface area contributed by atoms with Gasteiger partial charge in [0.2, 0.25) is 0 Å². The average molecular weight is 462 g/mol. The van der Waals surface area contributed by atoms with E-state index in [1.54, 1.807) is 6.92 Å². The maximum atomic E-state index is 11.3. The van der Waals surface area contributed by atoms with Gasteiger partial charge in [-0.15, -0.1) is 0 Å². The predicted molar refractivity (Wildman–Crippen MR) is 124 cm³/mol. The quantitative estimate of drug-likeness (QED) is 0.293. The molecule has 0 saturated carbocycles. The molecule has 1 atom stereocenters. The molecule has 0 N–H and O–H groups in total. The zero-order valence-corrected chi connectivity index (χ0v) is 21.4. The Balaban J connectivity index is 1.96. The summed E-state index contributed by atoms with van der Waals surface area (Å²) in [5.74, 6) is 0. The lowest BCUT2D eigenvalue weighted by molar-refractivity contribution is 0.232. The molecule has 0 unspecified atom stereocenters. The molecule has 0 amide bonds. The van der Waals surface area contributed by atoms with E-state index in [1.807, 2.05) is 6.07 Å². The van der Waals surface area contributed by atoms with Crippen LogP contribution in [0.1, 0.15) is 45.2 Å². The van der Waals surface area contributed by atoms with Gasteiger partial charge in [-0.1, -0.05) is 38.4 Å². The van der Waals surface area contributed by atoms with E-state index in [4.69, 9.17) is 20.2 Å². The Kier molecular flexibility index (Phi) is 7.88. The van der Waals surface area contributed by atoms with Gasteiger partial charge in [0.25, 0.3) is 10.1 Å². The number of benzene rings is 1. The molecule has 0 aliphatic carbocycles. The van der Waals surface area contributed by atoms with Gasteiger partial charge in [0.15, 0.2) is 8.32 Å². The van der Waals surface area contributed by atoms with Crippen molar-refractivity contribution in [3.63, 3.8) is 0 Å². The van der Waals surface area contributed by atoms with Gasteiger partial charge >= 0.3 is 0 Å². The van der Waals surface area contributed by atoms with Crippen LogP contribution in [0.5, 0.6) is 0 Å². The van der Waals surface area contributed by atoms with Gasteiger partial charge in [-0.2, -0.15) is 8.42 Å². The minimum atomic E-state index is -3.46. The van der Waals surface area contributed by atoms with Crippen molar-refractivity contribution in [3.8, 4) is 0 Å². The van der Waals surface area contributed by atoms with Crippen molar-refractivity contribution in [1.82, 2.24) is 0 Å². The van der Waals surface area contributed by atoms with Crippen molar-refractivity contribution in [1.29, 1.82) is 0 Å². The molecule has 1 aromatic rings. The maximum Gasteiger partial charge on any atom is 0.264 e. The second kappa shape index (κ2) is 9.26. The molecule has 0 fully saturated rings. The average Bonchev–Trinajstić information content (AvgIpc) is 2.92.